The number of hydrogen-bond acceptors (Lipinski definition) is 3. The summed E-state index contributed by atoms with van der Waals surface area (Å²) in [4.78, 5) is 12.2. The second-order valence-corrected chi connectivity index (χ2v) is 3.94. The predicted octanol–water partition coefficient (Wildman–Crippen LogP) is 2.44. The van der Waals surface area contributed by atoms with Crippen LogP contribution in [-0.4, -0.2) is 11.8 Å². The van der Waals surface area contributed by atoms with E-state index in [2.05, 4.69) is 5.32 Å². The van der Waals surface area contributed by atoms with E-state index in [9.17, 15) is 4.79 Å². The second kappa shape index (κ2) is 4.82. The number of ketones is 1. The molecule has 0 amide bonds. The van der Waals surface area contributed by atoms with Crippen LogP contribution in [0.2, 0.25) is 0 Å². The molecule has 1 heterocycles. The molecule has 1 aromatic heterocycles. The first kappa shape index (κ1) is 9.99. The molecule has 0 aromatic carbocycles. The Kier molecular flexibility index (Phi) is 3.71. The lowest BCUT2D eigenvalue weighted by molar-refractivity contribution is 0.105. The van der Waals surface area contributed by atoms with Gasteiger partial charge in [-0.15, -0.1) is 11.3 Å². The van der Waals surface area contributed by atoms with Crippen molar-refractivity contribution in [1.82, 2.24) is 5.32 Å². The Hall–Kier alpha value is -1.09. The molecule has 1 aromatic rings. The van der Waals surface area contributed by atoms with Crippen LogP contribution < -0.4 is 5.32 Å². The highest BCUT2D eigenvalue weighted by Crippen LogP contribution is 2.09. The molecule has 0 unspecified atom stereocenters. The van der Waals surface area contributed by atoms with Gasteiger partial charge >= 0.3 is 0 Å². The van der Waals surface area contributed by atoms with E-state index in [4.69, 9.17) is 0 Å². The van der Waals surface area contributed by atoms with Gasteiger partial charge in [0.05, 0.1) is 4.88 Å². The molecule has 0 bridgehead atoms. The fourth-order valence-electron chi connectivity index (χ4n) is 0.817. The molecule has 0 spiro atoms. The van der Waals surface area contributed by atoms with Crippen LogP contribution in [0, 0.1) is 0 Å². The van der Waals surface area contributed by atoms with E-state index in [0.717, 1.165) is 4.88 Å². The van der Waals surface area contributed by atoms with Crippen molar-refractivity contribution in [2.75, 3.05) is 0 Å². The number of thiophene rings is 1. The maximum absolute atomic E-state index is 11.4. The Bertz CT molecular complexity index is 288. The summed E-state index contributed by atoms with van der Waals surface area (Å²) in [5.74, 6) is 0.0585. The summed E-state index contributed by atoms with van der Waals surface area (Å²) in [7, 11) is 0. The molecule has 0 aliphatic rings. The fourth-order valence-corrected chi connectivity index (χ4v) is 1.46. The minimum Gasteiger partial charge on any atom is -0.389 e. The average Bonchev–Trinajstić information content (AvgIpc) is 2.55. The van der Waals surface area contributed by atoms with Crippen molar-refractivity contribution in [3.8, 4) is 0 Å². The number of carbonyl (C=O) groups is 1. The number of rotatable bonds is 4. The van der Waals surface area contributed by atoms with Crippen LogP contribution in [0.4, 0.5) is 0 Å². The smallest absolute Gasteiger partial charge is 0.197 e. The van der Waals surface area contributed by atoms with Crippen molar-refractivity contribution in [3.63, 3.8) is 0 Å². The molecule has 0 saturated carbocycles. The first-order chi connectivity index (χ1) is 6.20. The summed E-state index contributed by atoms with van der Waals surface area (Å²) in [5, 5.41) is 4.94. The van der Waals surface area contributed by atoms with Gasteiger partial charge < -0.3 is 5.32 Å². The Morgan fingerprint density at radius 3 is 2.92 bits per heavy atom. The second-order valence-electron chi connectivity index (χ2n) is 3.00. The van der Waals surface area contributed by atoms with E-state index in [1.807, 2.05) is 31.4 Å². The van der Waals surface area contributed by atoms with Crippen molar-refractivity contribution >= 4 is 17.1 Å². The Morgan fingerprint density at radius 2 is 2.38 bits per heavy atom. The van der Waals surface area contributed by atoms with E-state index < -0.39 is 0 Å². The van der Waals surface area contributed by atoms with E-state index in [1.54, 1.807) is 12.3 Å². The molecule has 70 valence electrons. The molecular formula is C10H13NOS. The van der Waals surface area contributed by atoms with E-state index in [0.29, 0.717) is 6.04 Å². The third-order valence-corrected chi connectivity index (χ3v) is 2.31. The third-order valence-electron chi connectivity index (χ3n) is 1.43. The number of nitrogens with one attached hydrogen (secondary N) is 1. The van der Waals surface area contributed by atoms with Crippen LogP contribution in [0.15, 0.2) is 29.8 Å². The molecule has 0 radical (unpaired) electrons. The number of carbonyl (C=O) groups excluding carboxylic acids is 1. The van der Waals surface area contributed by atoms with Crippen LogP contribution >= 0.6 is 11.3 Å². The quantitative estimate of drug-likeness (QED) is 0.590. The monoisotopic (exact) mass is 195 g/mol. The highest BCUT2D eigenvalue weighted by Gasteiger charge is 2.00. The first-order valence-corrected chi connectivity index (χ1v) is 5.08. The van der Waals surface area contributed by atoms with Crippen molar-refractivity contribution in [2.24, 2.45) is 0 Å². The molecule has 0 atom stereocenters. The zero-order valence-electron chi connectivity index (χ0n) is 7.78. The van der Waals surface area contributed by atoms with Gasteiger partial charge in [-0.05, 0) is 25.3 Å². The summed E-state index contributed by atoms with van der Waals surface area (Å²) in [6, 6.07) is 4.07. The Morgan fingerprint density at radius 1 is 1.62 bits per heavy atom. The average molecular weight is 195 g/mol. The van der Waals surface area contributed by atoms with Crippen molar-refractivity contribution < 1.29 is 4.79 Å². The summed E-state index contributed by atoms with van der Waals surface area (Å²) in [5.41, 5.74) is 0. The zero-order valence-corrected chi connectivity index (χ0v) is 8.60. The van der Waals surface area contributed by atoms with Crippen LogP contribution in [0.25, 0.3) is 0 Å². The molecule has 0 fully saturated rings. The largest absolute Gasteiger partial charge is 0.389 e. The van der Waals surface area contributed by atoms with Crippen LogP contribution in [-0.2, 0) is 0 Å². The first-order valence-electron chi connectivity index (χ1n) is 4.20. The lowest BCUT2D eigenvalue weighted by Gasteiger charge is -2.01. The topological polar surface area (TPSA) is 29.1 Å². The molecule has 0 aliphatic heterocycles. The SMILES string of the molecule is CC(C)N/C=C/C(=O)c1cccs1. The lowest BCUT2D eigenvalue weighted by Crippen LogP contribution is -2.15. The number of allylic oxidation sites excluding steroid dienone is 1. The lowest BCUT2D eigenvalue weighted by atomic mass is 10.3. The maximum Gasteiger partial charge on any atom is 0.197 e. The van der Waals surface area contributed by atoms with Gasteiger partial charge in [0.25, 0.3) is 0 Å². The van der Waals surface area contributed by atoms with Crippen molar-refractivity contribution in [2.45, 2.75) is 19.9 Å². The van der Waals surface area contributed by atoms with Crippen molar-refractivity contribution in [1.29, 1.82) is 0 Å². The minimum absolute atomic E-state index is 0.0585. The molecule has 3 heteroatoms. The molecule has 13 heavy (non-hydrogen) atoms. The van der Waals surface area contributed by atoms with Gasteiger partial charge in [-0.1, -0.05) is 6.07 Å². The highest BCUT2D eigenvalue weighted by molar-refractivity contribution is 7.12. The third kappa shape index (κ3) is 3.42. The minimum atomic E-state index is 0.0585. The fraction of sp³-hybridized carbons (Fsp3) is 0.300. The van der Waals surface area contributed by atoms with Gasteiger partial charge in [0.2, 0.25) is 0 Å². The standard InChI is InChI=1S/C10H13NOS/c1-8(2)11-6-5-9(12)10-4-3-7-13-10/h3-8,11H,1-2H3/b6-5+. The van der Waals surface area contributed by atoms with E-state index in [-0.39, 0.29) is 5.78 Å². The number of hydrogen-bond donors (Lipinski definition) is 1. The summed E-state index contributed by atoms with van der Waals surface area (Å²) in [6.45, 7) is 4.06. The van der Waals surface area contributed by atoms with E-state index in [1.165, 1.54) is 11.3 Å². The predicted molar refractivity (Wildman–Crippen MR) is 56.1 cm³/mol. The zero-order chi connectivity index (χ0) is 9.68. The van der Waals surface area contributed by atoms with Crippen LogP contribution in [0.3, 0.4) is 0 Å². The van der Waals surface area contributed by atoms with Gasteiger partial charge in [0.1, 0.15) is 0 Å². The van der Waals surface area contributed by atoms with Gasteiger partial charge in [-0.2, -0.15) is 0 Å². The molecule has 1 N–H and O–H groups in total. The Labute approximate surface area is 82.3 Å². The van der Waals surface area contributed by atoms with Crippen molar-refractivity contribution in [3.05, 3.63) is 34.7 Å². The van der Waals surface area contributed by atoms with Gasteiger partial charge in [-0.25, -0.2) is 0 Å². The Balaban J connectivity index is 2.47. The highest BCUT2D eigenvalue weighted by atomic mass is 32.1. The molecule has 2 nitrogen and oxygen atoms in total. The summed E-state index contributed by atoms with van der Waals surface area (Å²) < 4.78 is 0. The maximum atomic E-state index is 11.4. The molecular weight excluding hydrogens is 182 g/mol. The van der Waals surface area contributed by atoms with E-state index >= 15 is 0 Å². The van der Waals surface area contributed by atoms with Gasteiger partial charge in [0.15, 0.2) is 5.78 Å². The molecule has 1 rings (SSSR count). The molecule has 0 saturated heterocycles. The van der Waals surface area contributed by atoms with Gasteiger partial charge in [0, 0.05) is 18.3 Å². The summed E-state index contributed by atoms with van der Waals surface area (Å²) >= 11 is 1.46. The normalized spacial score (nSPS) is 11.0. The summed E-state index contributed by atoms with van der Waals surface area (Å²) in [6.07, 6.45) is 3.26. The van der Waals surface area contributed by atoms with Gasteiger partial charge in [-0.3, -0.25) is 4.79 Å². The van der Waals surface area contributed by atoms with Crippen LogP contribution in [0.1, 0.15) is 23.5 Å². The van der Waals surface area contributed by atoms with Crippen LogP contribution in [0.5, 0.6) is 0 Å². The molecule has 0 aliphatic carbocycles.